The van der Waals surface area contributed by atoms with Crippen LogP contribution in [0.1, 0.15) is 98.8 Å². The lowest BCUT2D eigenvalue weighted by atomic mass is 9.47. The molecule has 3 saturated carbocycles. The fourth-order valence-electron chi connectivity index (χ4n) is 8.58. The van der Waals surface area contributed by atoms with Gasteiger partial charge in [-0.25, -0.2) is 0 Å². The average Bonchev–Trinajstić information content (AvgIpc) is 3.03. The molecule has 29 heavy (non-hydrogen) atoms. The van der Waals surface area contributed by atoms with Crippen molar-refractivity contribution in [2.45, 2.75) is 105 Å². The molecule has 0 heterocycles. The van der Waals surface area contributed by atoms with Crippen LogP contribution in [0, 0.1) is 46.3 Å². The molecule has 0 aromatic rings. The summed E-state index contributed by atoms with van der Waals surface area (Å²) in [6, 6.07) is 0. The third-order valence-electron chi connectivity index (χ3n) is 10.7. The van der Waals surface area contributed by atoms with Crippen LogP contribution in [0.4, 0.5) is 0 Å². The van der Waals surface area contributed by atoms with E-state index < -0.39 is 0 Å². The molecular weight excluding hydrogens is 352 g/mol. The normalized spacial score (nSPS) is 46.1. The Morgan fingerprint density at radius 2 is 1.86 bits per heavy atom. The Morgan fingerprint density at radius 3 is 2.59 bits per heavy atom. The number of allylic oxidation sites excluding steroid dienone is 2. The second-order valence-electron chi connectivity index (χ2n) is 12.2. The molecule has 4 aliphatic carbocycles. The molecule has 0 aromatic heterocycles. The average molecular weight is 399 g/mol. The first-order valence-corrected chi connectivity index (χ1v) is 12.7. The van der Waals surface area contributed by atoms with Gasteiger partial charge in [0.25, 0.3) is 0 Å². The SMILES string of the molecule is C=C(C)C(C)CC[C@@H](C)[C@H]1CC[C@H]2[C@@H]3CC=C4CC(O)CC[C@]4(C)[C@H]3CC[C@]12C. The van der Waals surface area contributed by atoms with Crippen LogP contribution in [0.15, 0.2) is 23.8 Å². The van der Waals surface area contributed by atoms with Gasteiger partial charge in [0.2, 0.25) is 0 Å². The van der Waals surface area contributed by atoms with Crippen molar-refractivity contribution in [1.29, 1.82) is 0 Å². The monoisotopic (exact) mass is 398 g/mol. The molecule has 0 amide bonds. The quantitative estimate of drug-likeness (QED) is 0.474. The van der Waals surface area contributed by atoms with Gasteiger partial charge in [-0.05, 0) is 117 Å². The first-order chi connectivity index (χ1) is 13.7. The molecule has 164 valence electrons. The maximum absolute atomic E-state index is 10.2. The first kappa shape index (κ1) is 21.7. The largest absolute Gasteiger partial charge is 0.393 e. The molecule has 0 aliphatic heterocycles. The minimum absolute atomic E-state index is 0.0852. The van der Waals surface area contributed by atoms with E-state index in [9.17, 15) is 5.11 Å². The first-order valence-electron chi connectivity index (χ1n) is 12.7. The molecule has 0 radical (unpaired) electrons. The number of hydrogen-bond donors (Lipinski definition) is 1. The zero-order chi connectivity index (χ0) is 21.0. The smallest absolute Gasteiger partial charge is 0.0577 e. The van der Waals surface area contributed by atoms with E-state index in [1.165, 1.54) is 56.9 Å². The summed E-state index contributed by atoms with van der Waals surface area (Å²) in [7, 11) is 0. The van der Waals surface area contributed by atoms with Crippen LogP contribution in [0.3, 0.4) is 0 Å². The third-order valence-corrected chi connectivity index (χ3v) is 10.7. The molecule has 0 saturated heterocycles. The maximum Gasteiger partial charge on any atom is 0.0577 e. The van der Waals surface area contributed by atoms with Crippen LogP contribution < -0.4 is 0 Å². The molecule has 0 aromatic carbocycles. The van der Waals surface area contributed by atoms with Gasteiger partial charge in [0.1, 0.15) is 0 Å². The van der Waals surface area contributed by atoms with Crippen molar-refractivity contribution in [3.63, 3.8) is 0 Å². The number of aliphatic hydroxyl groups is 1. The Kier molecular flexibility index (Phi) is 5.86. The van der Waals surface area contributed by atoms with Crippen molar-refractivity contribution in [3.05, 3.63) is 23.8 Å². The Morgan fingerprint density at radius 1 is 1.10 bits per heavy atom. The van der Waals surface area contributed by atoms with Gasteiger partial charge in [-0.2, -0.15) is 0 Å². The zero-order valence-electron chi connectivity index (χ0n) is 19.8. The lowest BCUT2D eigenvalue weighted by Gasteiger charge is -2.58. The van der Waals surface area contributed by atoms with Gasteiger partial charge in [-0.3, -0.25) is 0 Å². The van der Waals surface area contributed by atoms with Crippen LogP contribution in [-0.4, -0.2) is 11.2 Å². The zero-order valence-corrected chi connectivity index (χ0v) is 19.8. The van der Waals surface area contributed by atoms with Crippen LogP contribution in [0.5, 0.6) is 0 Å². The van der Waals surface area contributed by atoms with E-state index in [4.69, 9.17) is 0 Å². The van der Waals surface area contributed by atoms with Crippen LogP contribution in [-0.2, 0) is 0 Å². The maximum atomic E-state index is 10.2. The van der Waals surface area contributed by atoms with Crippen molar-refractivity contribution in [1.82, 2.24) is 0 Å². The molecule has 0 spiro atoms. The Bertz CT molecular complexity index is 661. The summed E-state index contributed by atoms with van der Waals surface area (Å²) in [5.41, 5.74) is 3.90. The van der Waals surface area contributed by atoms with Gasteiger partial charge in [0.05, 0.1) is 6.10 Å². The number of rotatable bonds is 5. The fraction of sp³-hybridized carbons (Fsp3) is 0.857. The minimum atomic E-state index is -0.0852. The molecule has 4 aliphatic rings. The summed E-state index contributed by atoms with van der Waals surface area (Å²) in [6.45, 7) is 16.5. The van der Waals surface area contributed by atoms with Crippen molar-refractivity contribution >= 4 is 0 Å². The third kappa shape index (κ3) is 3.58. The molecule has 0 bridgehead atoms. The second-order valence-corrected chi connectivity index (χ2v) is 12.2. The molecular formula is C28H46O. The van der Waals surface area contributed by atoms with Crippen molar-refractivity contribution in [3.8, 4) is 0 Å². The molecule has 4 rings (SSSR count). The predicted molar refractivity (Wildman–Crippen MR) is 124 cm³/mol. The number of aliphatic hydroxyl groups excluding tert-OH is 1. The highest BCUT2D eigenvalue weighted by atomic mass is 16.3. The predicted octanol–water partition coefficient (Wildman–Crippen LogP) is 7.55. The summed E-state index contributed by atoms with van der Waals surface area (Å²) in [4.78, 5) is 0. The highest BCUT2D eigenvalue weighted by Crippen LogP contribution is 2.67. The van der Waals surface area contributed by atoms with E-state index in [-0.39, 0.29) is 6.10 Å². The molecule has 1 heteroatoms. The Labute approximate surface area is 180 Å². The summed E-state index contributed by atoms with van der Waals surface area (Å²) in [5.74, 6) is 5.11. The molecule has 1 N–H and O–H groups in total. The highest BCUT2D eigenvalue weighted by Gasteiger charge is 2.59. The minimum Gasteiger partial charge on any atom is -0.393 e. The van der Waals surface area contributed by atoms with E-state index in [1.54, 1.807) is 5.57 Å². The van der Waals surface area contributed by atoms with Crippen molar-refractivity contribution < 1.29 is 5.11 Å². The summed E-state index contributed by atoms with van der Waals surface area (Å²) >= 11 is 0. The number of hydrogen-bond acceptors (Lipinski definition) is 1. The summed E-state index contributed by atoms with van der Waals surface area (Å²) in [6.07, 6.45) is 15.4. The van der Waals surface area contributed by atoms with E-state index >= 15 is 0 Å². The molecule has 3 fully saturated rings. The topological polar surface area (TPSA) is 20.2 Å². The molecule has 1 nitrogen and oxygen atoms in total. The van der Waals surface area contributed by atoms with Gasteiger partial charge >= 0.3 is 0 Å². The fourth-order valence-corrected chi connectivity index (χ4v) is 8.58. The van der Waals surface area contributed by atoms with Crippen LogP contribution >= 0.6 is 0 Å². The lowest BCUT2D eigenvalue weighted by molar-refractivity contribution is -0.0573. The van der Waals surface area contributed by atoms with E-state index in [2.05, 4.69) is 47.3 Å². The van der Waals surface area contributed by atoms with Crippen molar-refractivity contribution in [2.24, 2.45) is 46.3 Å². The Hall–Kier alpha value is -0.560. The van der Waals surface area contributed by atoms with E-state index in [0.717, 1.165) is 42.4 Å². The molecule has 2 unspecified atom stereocenters. The Balaban J connectivity index is 1.49. The van der Waals surface area contributed by atoms with Gasteiger partial charge in [0, 0.05) is 0 Å². The lowest BCUT2D eigenvalue weighted by Crippen LogP contribution is -2.50. The van der Waals surface area contributed by atoms with Gasteiger partial charge in [-0.1, -0.05) is 51.5 Å². The van der Waals surface area contributed by atoms with Gasteiger partial charge in [-0.15, -0.1) is 0 Å². The second kappa shape index (κ2) is 7.85. The van der Waals surface area contributed by atoms with Crippen LogP contribution in [0.2, 0.25) is 0 Å². The summed E-state index contributed by atoms with van der Waals surface area (Å²) in [5, 5.41) is 10.2. The summed E-state index contributed by atoms with van der Waals surface area (Å²) < 4.78 is 0. The highest BCUT2D eigenvalue weighted by molar-refractivity contribution is 5.25. The standard InChI is InChI=1S/C28H46O/c1-18(2)19(3)7-8-20(4)24-11-12-25-23-10-9-21-17-22(29)13-15-27(21,5)26(23)14-16-28(24,25)6/h9,19-20,22-26,29H,1,7-8,10-17H2,2-6H3/t19?,20-,22?,23+,24-,25+,26+,27+,28-/m1/s1. The van der Waals surface area contributed by atoms with Gasteiger partial charge in [0.15, 0.2) is 0 Å². The molecule has 9 atom stereocenters. The van der Waals surface area contributed by atoms with E-state index in [1.807, 2.05) is 0 Å². The van der Waals surface area contributed by atoms with Crippen LogP contribution in [0.25, 0.3) is 0 Å². The number of fused-ring (bicyclic) bond motifs is 5. The van der Waals surface area contributed by atoms with Crippen molar-refractivity contribution in [2.75, 3.05) is 0 Å². The van der Waals surface area contributed by atoms with Gasteiger partial charge < -0.3 is 5.11 Å². The van der Waals surface area contributed by atoms with E-state index in [0.29, 0.717) is 16.7 Å².